The highest BCUT2D eigenvalue weighted by Gasteiger charge is 2.38. The van der Waals surface area contributed by atoms with E-state index in [1.807, 2.05) is 24.3 Å². The molecule has 0 amide bonds. The van der Waals surface area contributed by atoms with Gasteiger partial charge in [-0.1, -0.05) is 35.9 Å². The monoisotopic (exact) mass is 701 g/mol. The van der Waals surface area contributed by atoms with Crippen LogP contribution < -0.4 is 24.8 Å². The second-order valence-corrected chi connectivity index (χ2v) is 12.2. The average molecular weight is 702 g/mol. The summed E-state index contributed by atoms with van der Waals surface area (Å²) < 4.78 is 59.7. The van der Waals surface area contributed by atoms with Gasteiger partial charge in [-0.3, -0.25) is 4.98 Å². The first-order chi connectivity index (χ1) is 23.4. The van der Waals surface area contributed by atoms with Gasteiger partial charge in [0.2, 0.25) is 17.6 Å². The normalized spacial score (nSPS) is 15.5. The molecule has 49 heavy (non-hydrogen) atoms. The second-order valence-electron chi connectivity index (χ2n) is 11.9. The van der Waals surface area contributed by atoms with E-state index >= 15 is 0 Å². The number of aliphatic hydroxyl groups is 2. The van der Waals surface area contributed by atoms with Crippen LogP contribution in [0.15, 0.2) is 48.7 Å². The van der Waals surface area contributed by atoms with Gasteiger partial charge in [0.25, 0.3) is 0 Å². The zero-order valence-electron chi connectivity index (χ0n) is 27.6. The number of hydrogen-bond acceptors (Lipinski definition) is 10. The molecule has 0 spiro atoms. The zero-order chi connectivity index (χ0) is 35.3. The molecule has 1 aromatic carbocycles. The summed E-state index contributed by atoms with van der Waals surface area (Å²) in [6.45, 7) is 4.34. The van der Waals surface area contributed by atoms with Crippen molar-refractivity contribution in [3.05, 3.63) is 81.5 Å². The lowest BCUT2D eigenvalue weighted by molar-refractivity contribution is -0.139. The molecule has 0 bridgehead atoms. The molecule has 14 heteroatoms. The van der Waals surface area contributed by atoms with E-state index in [-0.39, 0.29) is 24.5 Å². The molecule has 4 aromatic rings. The van der Waals surface area contributed by atoms with Crippen LogP contribution in [-0.2, 0) is 25.7 Å². The number of aliphatic hydroxyl groups excluding tert-OH is 2. The van der Waals surface area contributed by atoms with Gasteiger partial charge in [0.15, 0.2) is 0 Å². The summed E-state index contributed by atoms with van der Waals surface area (Å²) in [5, 5.41) is 25.5. The average Bonchev–Trinajstić information content (AvgIpc) is 3.47. The van der Waals surface area contributed by atoms with E-state index in [1.165, 1.54) is 14.2 Å². The number of aromatic nitrogens is 3. The molecular formula is C35H39ClF3N5O5. The van der Waals surface area contributed by atoms with E-state index in [0.29, 0.717) is 59.3 Å². The third kappa shape index (κ3) is 8.42. The van der Waals surface area contributed by atoms with Crippen LogP contribution >= 0.6 is 11.6 Å². The molecule has 0 aliphatic heterocycles. The molecule has 1 aliphatic carbocycles. The van der Waals surface area contributed by atoms with Gasteiger partial charge in [-0.25, -0.2) is 4.98 Å². The fourth-order valence-corrected chi connectivity index (χ4v) is 6.12. The minimum absolute atomic E-state index is 0.00449. The predicted octanol–water partition coefficient (Wildman–Crippen LogP) is 5.90. The smallest absolute Gasteiger partial charge is 0.421 e. The van der Waals surface area contributed by atoms with Crippen LogP contribution in [0, 0.1) is 0 Å². The van der Waals surface area contributed by atoms with Gasteiger partial charge in [0.05, 0.1) is 42.8 Å². The highest BCUT2D eigenvalue weighted by Crippen LogP contribution is 2.45. The summed E-state index contributed by atoms with van der Waals surface area (Å²) in [5.41, 5.74) is 4.01. The van der Waals surface area contributed by atoms with Gasteiger partial charge in [0, 0.05) is 54.6 Å². The highest BCUT2D eigenvalue weighted by molar-refractivity contribution is 6.35. The fourth-order valence-electron chi connectivity index (χ4n) is 5.80. The molecule has 5 rings (SSSR count). The summed E-state index contributed by atoms with van der Waals surface area (Å²) in [6.07, 6.45) is -4.06. The van der Waals surface area contributed by atoms with Gasteiger partial charge in [0.1, 0.15) is 11.7 Å². The zero-order valence-corrected chi connectivity index (χ0v) is 28.3. The number of fused-ring (bicyclic) bond motifs is 1. The van der Waals surface area contributed by atoms with Crippen molar-refractivity contribution in [2.45, 2.75) is 64.3 Å². The van der Waals surface area contributed by atoms with Crippen molar-refractivity contribution in [1.82, 2.24) is 25.6 Å². The summed E-state index contributed by atoms with van der Waals surface area (Å²) in [6, 6.07) is 11.9. The minimum atomic E-state index is -4.74. The standard InChI is InChI=1S/C35H39ClF3N5O5/c1-19(45)15-40-17-21-8-10-28(43-32(21)47-3)26-12-13-42-31(30(26)36)25-7-5-6-24-23(25)9-11-29(24)49-34-27(35(37,38)39)14-22(33(44-34)48-4)18-41-16-20(2)46/h5-8,10,12-14,19-20,29,40-41,45-46H,9,11,15-18H2,1-4H3/t19-,20+,29-/m1/s1. The van der Waals surface area contributed by atoms with Crippen LogP contribution in [0.1, 0.15) is 54.2 Å². The Hall–Kier alpha value is -4.01. The Kier molecular flexibility index (Phi) is 11.6. The van der Waals surface area contributed by atoms with Gasteiger partial charge < -0.3 is 35.1 Å². The molecule has 0 radical (unpaired) electrons. The molecule has 0 saturated heterocycles. The van der Waals surface area contributed by atoms with Gasteiger partial charge in [-0.05, 0) is 56.0 Å². The first-order valence-corrected chi connectivity index (χ1v) is 16.2. The van der Waals surface area contributed by atoms with Crippen molar-refractivity contribution >= 4 is 11.6 Å². The molecule has 4 N–H and O–H groups in total. The number of hydrogen-bond donors (Lipinski definition) is 4. The fraction of sp³-hybridized carbons (Fsp3) is 0.400. The van der Waals surface area contributed by atoms with Crippen LogP contribution in [0.2, 0.25) is 5.02 Å². The minimum Gasteiger partial charge on any atom is -0.481 e. The Balaban J connectivity index is 1.45. The lowest BCUT2D eigenvalue weighted by atomic mass is 9.98. The molecule has 262 valence electrons. The number of benzene rings is 1. The van der Waals surface area contributed by atoms with Gasteiger partial charge in [-0.2, -0.15) is 18.2 Å². The summed E-state index contributed by atoms with van der Waals surface area (Å²) in [7, 11) is 2.86. The molecule has 0 fully saturated rings. The highest BCUT2D eigenvalue weighted by atomic mass is 35.5. The van der Waals surface area contributed by atoms with Crippen LogP contribution in [-0.4, -0.2) is 64.7 Å². The third-order valence-electron chi connectivity index (χ3n) is 8.06. The number of ether oxygens (including phenoxy) is 3. The number of nitrogens with zero attached hydrogens (tertiary/aromatic N) is 3. The number of methoxy groups -OCH3 is 2. The Morgan fingerprint density at radius 2 is 1.57 bits per heavy atom. The molecule has 0 saturated carbocycles. The van der Waals surface area contributed by atoms with E-state index in [4.69, 9.17) is 25.8 Å². The van der Waals surface area contributed by atoms with E-state index in [1.54, 1.807) is 32.2 Å². The molecule has 1 aliphatic rings. The maximum Gasteiger partial charge on any atom is 0.421 e. The molecule has 3 aromatic heterocycles. The van der Waals surface area contributed by atoms with Crippen molar-refractivity contribution in [3.8, 4) is 40.2 Å². The number of rotatable bonds is 14. The van der Waals surface area contributed by atoms with Crippen molar-refractivity contribution in [3.63, 3.8) is 0 Å². The topological polar surface area (TPSA) is 131 Å². The number of nitrogens with one attached hydrogen (secondary N) is 2. The van der Waals surface area contributed by atoms with Gasteiger partial charge >= 0.3 is 6.18 Å². The van der Waals surface area contributed by atoms with Crippen molar-refractivity contribution in [2.24, 2.45) is 0 Å². The summed E-state index contributed by atoms with van der Waals surface area (Å²) in [5.74, 6) is -0.164. The Bertz CT molecular complexity index is 1770. The Morgan fingerprint density at radius 1 is 0.898 bits per heavy atom. The molecular weight excluding hydrogens is 663 g/mol. The van der Waals surface area contributed by atoms with Crippen molar-refractivity contribution < 1.29 is 37.6 Å². The largest absolute Gasteiger partial charge is 0.481 e. The van der Waals surface area contributed by atoms with E-state index in [9.17, 15) is 23.4 Å². The number of halogens is 4. The predicted molar refractivity (Wildman–Crippen MR) is 179 cm³/mol. The van der Waals surface area contributed by atoms with Crippen molar-refractivity contribution in [2.75, 3.05) is 27.3 Å². The van der Waals surface area contributed by atoms with Crippen LogP contribution in [0.3, 0.4) is 0 Å². The van der Waals surface area contributed by atoms with Crippen LogP contribution in [0.25, 0.3) is 22.5 Å². The Morgan fingerprint density at radius 3 is 2.22 bits per heavy atom. The van der Waals surface area contributed by atoms with Crippen LogP contribution in [0.4, 0.5) is 13.2 Å². The van der Waals surface area contributed by atoms with E-state index in [0.717, 1.165) is 22.8 Å². The van der Waals surface area contributed by atoms with Gasteiger partial charge in [-0.15, -0.1) is 0 Å². The lowest BCUT2D eigenvalue weighted by Gasteiger charge is -2.21. The van der Waals surface area contributed by atoms with E-state index < -0.39 is 35.9 Å². The first-order valence-electron chi connectivity index (χ1n) is 15.8. The molecule has 3 heterocycles. The third-order valence-corrected chi connectivity index (χ3v) is 8.44. The SMILES string of the molecule is COc1nc(-c2ccnc(-c3cccc4c3CC[C@H]4Oc3nc(OC)c(CNC[C@H](C)O)cc3C(F)(F)F)c2Cl)ccc1CNC[C@@H](C)O. The van der Waals surface area contributed by atoms with Crippen molar-refractivity contribution in [1.29, 1.82) is 0 Å². The molecule has 10 nitrogen and oxygen atoms in total. The number of pyridine rings is 3. The molecule has 3 atom stereocenters. The Labute approximate surface area is 287 Å². The molecule has 0 unspecified atom stereocenters. The maximum atomic E-state index is 14.3. The van der Waals surface area contributed by atoms with E-state index in [2.05, 4.69) is 25.6 Å². The first kappa shape index (κ1) is 36.3. The quantitative estimate of drug-likeness (QED) is 0.126. The summed E-state index contributed by atoms with van der Waals surface area (Å²) >= 11 is 6.99. The second kappa shape index (κ2) is 15.7. The summed E-state index contributed by atoms with van der Waals surface area (Å²) in [4.78, 5) is 13.4. The maximum absolute atomic E-state index is 14.3. The lowest BCUT2D eigenvalue weighted by Crippen LogP contribution is -2.24. The van der Waals surface area contributed by atoms with Crippen LogP contribution in [0.5, 0.6) is 17.6 Å². The number of alkyl halides is 3.